The van der Waals surface area contributed by atoms with E-state index in [4.69, 9.17) is 16.3 Å². The third-order valence-corrected chi connectivity index (χ3v) is 4.36. The molecule has 0 aliphatic heterocycles. The van der Waals surface area contributed by atoms with Gasteiger partial charge in [-0.2, -0.15) is 4.98 Å². The Hall–Kier alpha value is -1.36. The molecule has 6 heteroatoms. The van der Waals surface area contributed by atoms with E-state index in [9.17, 15) is 0 Å². The molecule has 5 nitrogen and oxygen atoms in total. The number of rotatable bonds is 6. The van der Waals surface area contributed by atoms with Gasteiger partial charge >= 0.3 is 0 Å². The molecule has 0 atom stereocenters. The molecule has 0 unspecified atom stereocenters. The SMILES string of the molecule is CCCC1(Cn2c(CCl)nc3c(OC)ncnc32)CC1. The zero-order valence-electron chi connectivity index (χ0n) is 11.9. The lowest BCUT2D eigenvalue weighted by Crippen LogP contribution is -2.14. The van der Waals surface area contributed by atoms with E-state index < -0.39 is 0 Å². The first-order chi connectivity index (χ1) is 9.73. The summed E-state index contributed by atoms with van der Waals surface area (Å²) in [7, 11) is 1.60. The first kappa shape index (κ1) is 13.6. The molecule has 0 aromatic carbocycles. The van der Waals surface area contributed by atoms with Crippen molar-refractivity contribution >= 4 is 22.8 Å². The minimum Gasteiger partial charge on any atom is -0.479 e. The largest absolute Gasteiger partial charge is 0.479 e. The molecule has 1 saturated carbocycles. The van der Waals surface area contributed by atoms with E-state index in [1.165, 1.54) is 32.0 Å². The summed E-state index contributed by atoms with van der Waals surface area (Å²) in [6.07, 6.45) is 6.55. The molecule has 0 radical (unpaired) electrons. The van der Waals surface area contributed by atoms with Crippen LogP contribution >= 0.6 is 11.6 Å². The highest BCUT2D eigenvalue weighted by Gasteiger charge is 2.42. The molecular weight excluding hydrogens is 276 g/mol. The number of ether oxygens (including phenoxy) is 1. The van der Waals surface area contributed by atoms with Gasteiger partial charge in [0.1, 0.15) is 12.2 Å². The van der Waals surface area contributed by atoms with Gasteiger partial charge in [-0.15, -0.1) is 11.6 Å². The summed E-state index contributed by atoms with van der Waals surface area (Å²) >= 11 is 6.05. The molecule has 1 aliphatic rings. The van der Waals surface area contributed by atoms with Crippen molar-refractivity contribution in [2.45, 2.75) is 45.0 Å². The Labute approximate surface area is 123 Å². The zero-order chi connectivity index (χ0) is 14.2. The minimum atomic E-state index is 0.377. The van der Waals surface area contributed by atoms with Gasteiger partial charge in [-0.25, -0.2) is 9.97 Å². The maximum absolute atomic E-state index is 6.05. The number of hydrogen-bond donors (Lipinski definition) is 0. The smallest absolute Gasteiger partial charge is 0.245 e. The Kier molecular flexibility index (Phi) is 3.54. The molecule has 0 bridgehead atoms. The normalized spacial score (nSPS) is 16.6. The quantitative estimate of drug-likeness (QED) is 0.768. The molecule has 2 aromatic rings. The summed E-state index contributed by atoms with van der Waals surface area (Å²) in [5.74, 6) is 1.74. The van der Waals surface area contributed by atoms with Crippen LogP contribution in [0.1, 0.15) is 38.4 Å². The molecule has 1 aliphatic carbocycles. The number of aromatic nitrogens is 4. The fourth-order valence-electron chi connectivity index (χ4n) is 2.91. The Morgan fingerprint density at radius 2 is 2.20 bits per heavy atom. The molecule has 2 heterocycles. The van der Waals surface area contributed by atoms with Crippen molar-refractivity contribution in [3.63, 3.8) is 0 Å². The van der Waals surface area contributed by atoms with Crippen LogP contribution in [0.4, 0.5) is 0 Å². The van der Waals surface area contributed by atoms with Gasteiger partial charge in [0.2, 0.25) is 5.88 Å². The van der Waals surface area contributed by atoms with Crippen molar-refractivity contribution in [3.05, 3.63) is 12.2 Å². The monoisotopic (exact) mass is 294 g/mol. The second-order valence-electron chi connectivity index (χ2n) is 5.55. The zero-order valence-corrected chi connectivity index (χ0v) is 12.7. The summed E-state index contributed by atoms with van der Waals surface area (Å²) in [6.45, 7) is 3.18. The average molecular weight is 295 g/mol. The Morgan fingerprint density at radius 3 is 2.80 bits per heavy atom. The fraction of sp³-hybridized carbons (Fsp3) is 0.643. The summed E-state index contributed by atoms with van der Waals surface area (Å²) in [6, 6.07) is 0. The van der Waals surface area contributed by atoms with Crippen molar-refractivity contribution in [1.29, 1.82) is 0 Å². The van der Waals surface area contributed by atoms with Crippen LogP contribution in [0.5, 0.6) is 5.88 Å². The second-order valence-corrected chi connectivity index (χ2v) is 5.82. The minimum absolute atomic E-state index is 0.377. The summed E-state index contributed by atoms with van der Waals surface area (Å²) < 4.78 is 7.41. The average Bonchev–Trinajstić information content (AvgIpc) is 3.13. The van der Waals surface area contributed by atoms with Crippen LogP contribution in [0.25, 0.3) is 11.2 Å². The highest BCUT2D eigenvalue weighted by Crippen LogP contribution is 2.51. The van der Waals surface area contributed by atoms with Crippen molar-refractivity contribution < 1.29 is 4.74 Å². The number of alkyl halides is 1. The molecular formula is C14H19ClN4O. The number of halogens is 1. The van der Waals surface area contributed by atoms with Gasteiger partial charge in [0.05, 0.1) is 13.0 Å². The molecule has 3 rings (SSSR count). The van der Waals surface area contributed by atoms with Crippen molar-refractivity contribution in [2.75, 3.05) is 7.11 Å². The molecule has 1 fully saturated rings. The summed E-state index contributed by atoms with van der Waals surface area (Å²) in [5.41, 5.74) is 1.95. The van der Waals surface area contributed by atoms with Crippen LogP contribution < -0.4 is 4.74 Å². The second kappa shape index (κ2) is 5.20. The number of fused-ring (bicyclic) bond motifs is 1. The molecule has 0 N–H and O–H groups in total. The van der Waals surface area contributed by atoms with Gasteiger partial charge in [0.15, 0.2) is 11.2 Å². The number of hydrogen-bond acceptors (Lipinski definition) is 4. The van der Waals surface area contributed by atoms with Crippen LogP contribution in [-0.2, 0) is 12.4 Å². The van der Waals surface area contributed by atoms with Crippen LogP contribution in [0.15, 0.2) is 6.33 Å². The lowest BCUT2D eigenvalue weighted by molar-refractivity contribution is 0.387. The van der Waals surface area contributed by atoms with E-state index in [1.54, 1.807) is 7.11 Å². The fourth-order valence-corrected chi connectivity index (χ4v) is 3.11. The maximum Gasteiger partial charge on any atom is 0.245 e. The van der Waals surface area contributed by atoms with Crippen molar-refractivity contribution in [1.82, 2.24) is 19.5 Å². The predicted molar refractivity (Wildman–Crippen MR) is 78.0 cm³/mol. The van der Waals surface area contributed by atoms with E-state index in [2.05, 4.69) is 26.4 Å². The van der Waals surface area contributed by atoms with E-state index >= 15 is 0 Å². The van der Waals surface area contributed by atoms with Gasteiger partial charge in [0.25, 0.3) is 0 Å². The first-order valence-electron chi connectivity index (χ1n) is 7.03. The third-order valence-electron chi connectivity index (χ3n) is 4.12. The topological polar surface area (TPSA) is 52.8 Å². The molecule has 2 aromatic heterocycles. The van der Waals surface area contributed by atoms with Gasteiger partial charge in [-0.1, -0.05) is 13.3 Å². The highest BCUT2D eigenvalue weighted by molar-refractivity contribution is 6.16. The van der Waals surface area contributed by atoms with Gasteiger partial charge in [0, 0.05) is 6.54 Å². The van der Waals surface area contributed by atoms with Crippen LogP contribution in [-0.4, -0.2) is 26.6 Å². The summed E-state index contributed by atoms with van der Waals surface area (Å²) in [5, 5.41) is 0. The standard InChI is InChI=1S/C14H19ClN4O/c1-3-4-14(5-6-14)8-19-10(7-15)18-11-12(19)16-9-17-13(11)20-2/h9H,3-8H2,1-2H3. The van der Waals surface area contributed by atoms with E-state index in [1.807, 2.05) is 0 Å². The Morgan fingerprint density at radius 1 is 1.40 bits per heavy atom. The number of nitrogens with zero attached hydrogens (tertiary/aromatic N) is 4. The van der Waals surface area contributed by atoms with Gasteiger partial charge in [-0.05, 0) is 24.7 Å². The Bertz CT molecular complexity index is 621. The van der Waals surface area contributed by atoms with Crippen LogP contribution in [0, 0.1) is 5.41 Å². The van der Waals surface area contributed by atoms with Gasteiger partial charge in [-0.3, -0.25) is 0 Å². The summed E-state index contributed by atoms with van der Waals surface area (Å²) in [4.78, 5) is 13.0. The number of imidazole rings is 1. The third kappa shape index (κ3) is 2.24. The predicted octanol–water partition coefficient (Wildman–Crippen LogP) is 3.15. The van der Waals surface area contributed by atoms with E-state index in [-0.39, 0.29) is 0 Å². The first-order valence-corrected chi connectivity index (χ1v) is 7.56. The molecule has 0 amide bonds. The van der Waals surface area contributed by atoms with E-state index in [0.717, 1.165) is 18.0 Å². The lowest BCUT2D eigenvalue weighted by Gasteiger charge is -2.16. The van der Waals surface area contributed by atoms with Crippen LogP contribution in [0.2, 0.25) is 0 Å². The van der Waals surface area contributed by atoms with Crippen LogP contribution in [0.3, 0.4) is 0 Å². The highest BCUT2D eigenvalue weighted by atomic mass is 35.5. The van der Waals surface area contributed by atoms with Crippen molar-refractivity contribution in [3.8, 4) is 5.88 Å². The molecule has 0 saturated heterocycles. The van der Waals surface area contributed by atoms with Gasteiger partial charge < -0.3 is 9.30 Å². The maximum atomic E-state index is 6.05. The van der Waals surface area contributed by atoms with E-state index in [0.29, 0.717) is 22.7 Å². The molecule has 108 valence electrons. The molecule has 20 heavy (non-hydrogen) atoms. The lowest BCUT2D eigenvalue weighted by atomic mass is 10.0. The van der Waals surface area contributed by atoms with Crippen molar-refractivity contribution in [2.24, 2.45) is 5.41 Å². The molecule has 0 spiro atoms. The number of methoxy groups -OCH3 is 1. The Balaban J connectivity index is 2.05.